The Kier molecular flexibility index (Phi) is 6.03. The highest BCUT2D eigenvalue weighted by Crippen LogP contribution is 2.49. The summed E-state index contributed by atoms with van der Waals surface area (Å²) in [5, 5.41) is 5.43. The van der Waals surface area contributed by atoms with E-state index in [4.69, 9.17) is 16.3 Å². The van der Waals surface area contributed by atoms with Crippen LogP contribution in [0.25, 0.3) is 22.0 Å². The van der Waals surface area contributed by atoms with Crippen LogP contribution in [-0.2, 0) is 4.79 Å². The van der Waals surface area contributed by atoms with Gasteiger partial charge in [-0.25, -0.2) is 10.4 Å². The van der Waals surface area contributed by atoms with E-state index < -0.39 is 0 Å². The van der Waals surface area contributed by atoms with Gasteiger partial charge < -0.3 is 4.74 Å². The van der Waals surface area contributed by atoms with E-state index in [0.29, 0.717) is 16.5 Å². The van der Waals surface area contributed by atoms with Gasteiger partial charge >= 0.3 is 0 Å². The Labute approximate surface area is 200 Å². The van der Waals surface area contributed by atoms with Crippen LogP contribution in [0.5, 0.6) is 5.75 Å². The first-order valence-corrected chi connectivity index (χ1v) is 11.8. The average molecular weight is 474 g/mol. The maximum atomic E-state index is 12.5. The molecule has 0 spiro atoms. The molecule has 0 saturated heterocycles. The van der Waals surface area contributed by atoms with Crippen molar-refractivity contribution < 1.29 is 9.53 Å². The number of aromatic nitrogens is 1. The Morgan fingerprint density at radius 1 is 1.09 bits per heavy atom. The summed E-state index contributed by atoms with van der Waals surface area (Å²) in [6, 6.07) is 24.2. The molecule has 5 rings (SSSR count). The number of methoxy groups -OCH3 is 1. The summed E-state index contributed by atoms with van der Waals surface area (Å²) >= 11 is 7.89. The molecular weight excluding hydrogens is 454 g/mol. The third-order valence-electron chi connectivity index (χ3n) is 5.56. The third kappa shape index (κ3) is 4.32. The predicted octanol–water partition coefficient (Wildman–Crippen LogP) is 5.85. The smallest absolute Gasteiger partial charge is 0.250 e. The molecule has 0 saturated carbocycles. The molecule has 33 heavy (non-hydrogen) atoms. The quantitative estimate of drug-likeness (QED) is 0.217. The van der Waals surface area contributed by atoms with Gasteiger partial charge in [-0.2, -0.15) is 5.10 Å². The fourth-order valence-corrected chi connectivity index (χ4v) is 5.36. The van der Waals surface area contributed by atoms with E-state index in [1.165, 1.54) is 28.5 Å². The highest BCUT2D eigenvalue weighted by atomic mass is 35.5. The summed E-state index contributed by atoms with van der Waals surface area (Å²) in [5.41, 5.74) is 8.91. The van der Waals surface area contributed by atoms with Crippen molar-refractivity contribution in [3.63, 3.8) is 0 Å². The molecule has 1 aliphatic carbocycles. The molecule has 164 valence electrons. The van der Waals surface area contributed by atoms with Crippen molar-refractivity contribution in [2.24, 2.45) is 5.10 Å². The number of pyridine rings is 1. The van der Waals surface area contributed by atoms with E-state index in [9.17, 15) is 4.79 Å². The standard InChI is InChI=1S/C26H20ClN3O2S/c1-32-18-11-10-16-12-17(26(27)29-23(16)13-18)14-28-30-24(31)15-33-25-21-8-4-2-6-19(21)20-7-3-5-9-22(20)25/h2-14,25H,15H2,1H3,(H,30,31)/b28-14-. The van der Waals surface area contributed by atoms with Crippen molar-refractivity contribution in [1.82, 2.24) is 10.4 Å². The molecule has 0 bridgehead atoms. The van der Waals surface area contributed by atoms with E-state index in [1.807, 2.05) is 48.5 Å². The molecule has 1 N–H and O–H groups in total. The molecule has 0 fully saturated rings. The second kappa shape index (κ2) is 9.25. The van der Waals surface area contributed by atoms with Crippen LogP contribution in [-0.4, -0.2) is 30.0 Å². The lowest BCUT2D eigenvalue weighted by Crippen LogP contribution is -2.20. The maximum absolute atomic E-state index is 12.5. The molecule has 4 aromatic rings. The summed E-state index contributed by atoms with van der Waals surface area (Å²) in [6.07, 6.45) is 1.52. The monoisotopic (exact) mass is 473 g/mol. The first-order chi connectivity index (χ1) is 16.1. The molecule has 0 aliphatic heterocycles. The summed E-state index contributed by atoms with van der Waals surface area (Å²) in [7, 11) is 1.61. The molecule has 1 amide bonds. The van der Waals surface area contributed by atoms with Gasteiger partial charge in [0.1, 0.15) is 10.9 Å². The highest BCUT2D eigenvalue weighted by Gasteiger charge is 2.28. The number of rotatable bonds is 6. The number of halogens is 1. The summed E-state index contributed by atoms with van der Waals surface area (Å²) in [4.78, 5) is 16.9. The van der Waals surface area contributed by atoms with Gasteiger partial charge in [-0.15, -0.1) is 11.8 Å². The van der Waals surface area contributed by atoms with Crippen LogP contribution in [0.4, 0.5) is 0 Å². The van der Waals surface area contributed by atoms with Crippen molar-refractivity contribution in [2.75, 3.05) is 12.9 Å². The third-order valence-corrected chi connectivity index (χ3v) is 7.13. The van der Waals surface area contributed by atoms with Crippen molar-refractivity contribution >= 4 is 46.4 Å². The zero-order valence-electron chi connectivity index (χ0n) is 17.8. The Balaban J connectivity index is 1.25. The summed E-state index contributed by atoms with van der Waals surface area (Å²) in [5.74, 6) is 0.825. The first-order valence-electron chi connectivity index (χ1n) is 10.4. The number of thioether (sulfide) groups is 1. The molecule has 7 heteroatoms. The minimum Gasteiger partial charge on any atom is -0.497 e. The van der Waals surface area contributed by atoms with Crippen LogP contribution in [0.3, 0.4) is 0 Å². The fraction of sp³-hybridized carbons (Fsp3) is 0.115. The highest BCUT2D eigenvalue weighted by molar-refractivity contribution is 8.00. The van der Waals surface area contributed by atoms with E-state index >= 15 is 0 Å². The molecule has 5 nitrogen and oxygen atoms in total. The average Bonchev–Trinajstić information content (AvgIpc) is 3.16. The molecule has 0 radical (unpaired) electrons. The number of nitrogens with zero attached hydrogens (tertiary/aromatic N) is 2. The summed E-state index contributed by atoms with van der Waals surface area (Å²) < 4.78 is 5.22. The van der Waals surface area contributed by atoms with Crippen molar-refractivity contribution in [3.8, 4) is 16.9 Å². The molecule has 0 unspecified atom stereocenters. The minimum atomic E-state index is -0.173. The number of ether oxygens (including phenoxy) is 1. The van der Waals surface area contributed by atoms with Crippen molar-refractivity contribution in [3.05, 3.63) is 94.6 Å². The van der Waals surface area contributed by atoms with Gasteiger partial charge in [0, 0.05) is 17.0 Å². The van der Waals surface area contributed by atoms with Crippen LogP contribution in [0.1, 0.15) is 21.9 Å². The molecule has 1 aliphatic rings. The number of amides is 1. The zero-order valence-corrected chi connectivity index (χ0v) is 19.4. The number of hydrogen-bond donors (Lipinski definition) is 1. The number of carbonyl (C=O) groups excluding carboxylic acids is 1. The van der Waals surface area contributed by atoms with Gasteiger partial charge in [-0.1, -0.05) is 60.1 Å². The van der Waals surface area contributed by atoms with E-state index in [-0.39, 0.29) is 16.9 Å². The van der Waals surface area contributed by atoms with Crippen LogP contribution in [0, 0.1) is 0 Å². The number of nitrogens with one attached hydrogen (secondary N) is 1. The topological polar surface area (TPSA) is 63.6 Å². The number of benzene rings is 3. The molecule has 1 heterocycles. The van der Waals surface area contributed by atoms with Crippen molar-refractivity contribution in [1.29, 1.82) is 0 Å². The van der Waals surface area contributed by atoms with E-state index in [0.717, 1.165) is 10.9 Å². The maximum Gasteiger partial charge on any atom is 0.250 e. The number of hydrogen-bond acceptors (Lipinski definition) is 5. The van der Waals surface area contributed by atoms with Gasteiger partial charge in [-0.3, -0.25) is 4.79 Å². The van der Waals surface area contributed by atoms with E-state index in [2.05, 4.69) is 39.8 Å². The van der Waals surface area contributed by atoms with Crippen LogP contribution >= 0.6 is 23.4 Å². The molecule has 3 aromatic carbocycles. The number of hydrazone groups is 1. The normalized spacial score (nSPS) is 12.7. The van der Waals surface area contributed by atoms with Crippen LogP contribution in [0.2, 0.25) is 5.15 Å². The first kappa shape index (κ1) is 21.5. The summed E-state index contributed by atoms with van der Waals surface area (Å²) in [6.45, 7) is 0. The van der Waals surface area contributed by atoms with E-state index in [1.54, 1.807) is 18.9 Å². The molecule has 0 atom stereocenters. The Morgan fingerprint density at radius 2 is 1.79 bits per heavy atom. The number of fused-ring (bicyclic) bond motifs is 4. The fourth-order valence-electron chi connectivity index (χ4n) is 4.01. The van der Waals surface area contributed by atoms with Gasteiger partial charge in [0.05, 0.1) is 29.8 Å². The van der Waals surface area contributed by atoms with Gasteiger partial charge in [0.25, 0.3) is 0 Å². The predicted molar refractivity (Wildman–Crippen MR) is 135 cm³/mol. The zero-order chi connectivity index (χ0) is 22.8. The Hall–Kier alpha value is -3.35. The lowest BCUT2D eigenvalue weighted by Gasteiger charge is -2.12. The van der Waals surface area contributed by atoms with Crippen molar-refractivity contribution in [2.45, 2.75) is 5.25 Å². The molecule has 1 aromatic heterocycles. The lowest BCUT2D eigenvalue weighted by molar-refractivity contribution is -0.118. The second-order valence-electron chi connectivity index (χ2n) is 7.59. The van der Waals surface area contributed by atoms with Crippen LogP contribution in [0.15, 0.2) is 77.9 Å². The van der Waals surface area contributed by atoms with Gasteiger partial charge in [0.15, 0.2) is 0 Å². The SMILES string of the molecule is COc1ccc2cc(/C=N\NC(=O)CSC3c4ccccc4-c4ccccc43)c(Cl)nc2c1. The largest absolute Gasteiger partial charge is 0.497 e. The number of carbonyl (C=O) groups is 1. The minimum absolute atomic E-state index is 0.128. The van der Waals surface area contributed by atoms with Gasteiger partial charge in [-0.05, 0) is 40.5 Å². The molecular formula is C26H20ClN3O2S. The Morgan fingerprint density at radius 3 is 2.48 bits per heavy atom. The van der Waals surface area contributed by atoms with Crippen LogP contribution < -0.4 is 10.2 Å². The van der Waals surface area contributed by atoms with Gasteiger partial charge in [0.2, 0.25) is 5.91 Å². The Bertz CT molecular complexity index is 1340. The lowest BCUT2D eigenvalue weighted by atomic mass is 10.1. The second-order valence-corrected chi connectivity index (χ2v) is 9.04.